The molecule has 0 saturated carbocycles. The van der Waals surface area contributed by atoms with Crippen molar-refractivity contribution in [1.29, 1.82) is 0 Å². The van der Waals surface area contributed by atoms with E-state index in [1.165, 1.54) is 13.8 Å². The Morgan fingerprint density at radius 3 is 2.42 bits per heavy atom. The molecule has 2 amide bonds. The molecule has 1 rings (SSSR count). The van der Waals surface area contributed by atoms with Gasteiger partial charge in [0.25, 0.3) is 0 Å². The summed E-state index contributed by atoms with van der Waals surface area (Å²) < 4.78 is 4.68. The summed E-state index contributed by atoms with van der Waals surface area (Å²) in [6.07, 6.45) is -0.563. The second-order valence-electron chi connectivity index (χ2n) is 2.55. The van der Waals surface area contributed by atoms with E-state index in [2.05, 4.69) is 4.74 Å². The summed E-state index contributed by atoms with van der Waals surface area (Å²) in [6, 6.07) is 0. The third-order valence-electron chi connectivity index (χ3n) is 1.55. The first-order valence-corrected chi connectivity index (χ1v) is 3.52. The molecule has 1 heterocycles. The maximum absolute atomic E-state index is 10.8. The second kappa shape index (κ2) is 2.92. The van der Waals surface area contributed by atoms with E-state index in [0.29, 0.717) is 0 Å². The van der Waals surface area contributed by atoms with Gasteiger partial charge in [-0.1, -0.05) is 0 Å². The Balaban J connectivity index is 2.54. The number of rotatable bonds is 1. The van der Waals surface area contributed by atoms with E-state index in [-0.39, 0.29) is 12.3 Å². The molecule has 66 valence electrons. The van der Waals surface area contributed by atoms with E-state index < -0.39 is 18.1 Å². The van der Waals surface area contributed by atoms with Crippen LogP contribution in [-0.4, -0.2) is 28.9 Å². The second-order valence-corrected chi connectivity index (χ2v) is 2.55. The predicted octanol–water partition coefficient (Wildman–Crippen LogP) is -0.346. The fourth-order valence-corrected chi connectivity index (χ4v) is 1.05. The molecule has 0 N–H and O–H groups in total. The molecular weight excluding hydrogens is 162 g/mol. The van der Waals surface area contributed by atoms with Gasteiger partial charge < -0.3 is 4.74 Å². The highest BCUT2D eigenvalue weighted by Gasteiger charge is 2.41. The summed E-state index contributed by atoms with van der Waals surface area (Å²) in [4.78, 5) is 32.9. The fraction of sp³-hybridized carbons (Fsp3) is 0.571. The fourth-order valence-electron chi connectivity index (χ4n) is 1.05. The predicted molar refractivity (Wildman–Crippen MR) is 37.7 cm³/mol. The topological polar surface area (TPSA) is 63.7 Å². The van der Waals surface area contributed by atoms with Crippen LogP contribution in [0.3, 0.4) is 0 Å². The standard InChI is InChI=1S/C7H9NO4/c1-4(9)8-6(11)3-7(8)12-5(2)10/h7H,3H2,1-2H3. The van der Waals surface area contributed by atoms with Gasteiger partial charge >= 0.3 is 5.97 Å². The van der Waals surface area contributed by atoms with Crippen molar-refractivity contribution in [2.24, 2.45) is 0 Å². The van der Waals surface area contributed by atoms with Crippen LogP contribution in [0.2, 0.25) is 0 Å². The summed E-state index contributed by atoms with van der Waals surface area (Å²) >= 11 is 0. The van der Waals surface area contributed by atoms with E-state index in [1.807, 2.05) is 0 Å². The third-order valence-corrected chi connectivity index (χ3v) is 1.55. The minimum absolute atomic E-state index is 0.110. The first kappa shape index (κ1) is 8.70. The summed E-state index contributed by atoms with van der Waals surface area (Å²) in [7, 11) is 0. The zero-order chi connectivity index (χ0) is 9.30. The van der Waals surface area contributed by atoms with Crippen molar-refractivity contribution < 1.29 is 19.1 Å². The zero-order valence-electron chi connectivity index (χ0n) is 6.86. The molecule has 1 saturated heterocycles. The lowest BCUT2D eigenvalue weighted by atomic mass is 10.1. The molecule has 0 bridgehead atoms. The maximum atomic E-state index is 10.8. The Kier molecular flexibility index (Phi) is 2.12. The van der Waals surface area contributed by atoms with Gasteiger partial charge in [-0.15, -0.1) is 0 Å². The van der Waals surface area contributed by atoms with Crippen molar-refractivity contribution in [2.75, 3.05) is 0 Å². The van der Waals surface area contributed by atoms with Gasteiger partial charge in [0.1, 0.15) is 0 Å². The molecule has 0 aliphatic carbocycles. The largest absolute Gasteiger partial charge is 0.441 e. The number of likely N-dealkylation sites (tertiary alicyclic amines) is 1. The van der Waals surface area contributed by atoms with E-state index in [0.717, 1.165) is 4.90 Å². The van der Waals surface area contributed by atoms with Crippen LogP contribution < -0.4 is 0 Å². The van der Waals surface area contributed by atoms with Gasteiger partial charge in [-0.2, -0.15) is 0 Å². The monoisotopic (exact) mass is 171 g/mol. The van der Waals surface area contributed by atoms with Gasteiger partial charge in [0.2, 0.25) is 11.8 Å². The molecule has 1 aliphatic rings. The van der Waals surface area contributed by atoms with Crippen LogP contribution in [0.15, 0.2) is 0 Å². The van der Waals surface area contributed by atoms with Crippen LogP contribution in [0.1, 0.15) is 20.3 Å². The molecule has 0 radical (unpaired) electrons. The summed E-state index contributed by atoms with van der Waals surface area (Å²) in [5.41, 5.74) is 0. The normalized spacial score (nSPS) is 21.7. The molecular formula is C7H9NO4. The number of imide groups is 1. The molecule has 0 aromatic heterocycles. The molecule has 1 aliphatic heterocycles. The van der Waals surface area contributed by atoms with Crippen molar-refractivity contribution in [3.8, 4) is 0 Å². The van der Waals surface area contributed by atoms with E-state index >= 15 is 0 Å². The third kappa shape index (κ3) is 1.44. The highest BCUT2D eigenvalue weighted by Crippen LogP contribution is 2.20. The average molecular weight is 171 g/mol. The number of β-lactam (4-membered cyclic amide) rings is 1. The van der Waals surface area contributed by atoms with Crippen LogP contribution >= 0.6 is 0 Å². The number of hydrogen-bond acceptors (Lipinski definition) is 4. The molecule has 0 aromatic rings. The van der Waals surface area contributed by atoms with E-state index in [1.54, 1.807) is 0 Å². The molecule has 0 spiro atoms. The molecule has 5 nitrogen and oxygen atoms in total. The number of amides is 2. The number of carbonyl (C=O) groups excluding carboxylic acids is 3. The minimum atomic E-state index is -0.674. The highest BCUT2D eigenvalue weighted by atomic mass is 16.6. The molecule has 12 heavy (non-hydrogen) atoms. The van der Waals surface area contributed by atoms with E-state index in [9.17, 15) is 14.4 Å². The lowest BCUT2D eigenvalue weighted by Gasteiger charge is -2.36. The smallest absolute Gasteiger partial charge is 0.304 e. The molecule has 0 aromatic carbocycles. The average Bonchev–Trinajstić information content (AvgIpc) is 1.82. The molecule has 1 atom stereocenters. The molecule has 1 unspecified atom stereocenters. The summed E-state index contributed by atoms with van der Waals surface area (Å²) in [5, 5.41) is 0. The minimum Gasteiger partial charge on any atom is -0.441 e. The Bertz CT molecular complexity index is 240. The van der Waals surface area contributed by atoms with E-state index in [4.69, 9.17) is 0 Å². The lowest BCUT2D eigenvalue weighted by Crippen LogP contribution is -2.56. The number of nitrogens with zero attached hydrogens (tertiary/aromatic N) is 1. The first-order chi connectivity index (χ1) is 5.52. The van der Waals surface area contributed by atoms with Gasteiger partial charge in [-0.3, -0.25) is 14.4 Å². The van der Waals surface area contributed by atoms with Crippen LogP contribution in [0.5, 0.6) is 0 Å². The van der Waals surface area contributed by atoms with Gasteiger partial charge in [0.15, 0.2) is 6.23 Å². The number of esters is 1. The van der Waals surface area contributed by atoms with Crippen LogP contribution in [0, 0.1) is 0 Å². The van der Waals surface area contributed by atoms with Crippen molar-refractivity contribution in [2.45, 2.75) is 26.5 Å². The zero-order valence-corrected chi connectivity index (χ0v) is 6.86. The maximum Gasteiger partial charge on any atom is 0.304 e. The van der Waals surface area contributed by atoms with Gasteiger partial charge in [-0.25, -0.2) is 4.90 Å². The summed E-state index contributed by atoms with van der Waals surface area (Å²) in [6.45, 7) is 2.49. The number of hydrogen-bond donors (Lipinski definition) is 0. The highest BCUT2D eigenvalue weighted by molar-refractivity contribution is 5.99. The first-order valence-electron chi connectivity index (χ1n) is 3.52. The van der Waals surface area contributed by atoms with Gasteiger partial charge in [-0.05, 0) is 0 Å². The summed E-state index contributed by atoms with van der Waals surface area (Å²) in [5.74, 6) is -1.18. The Morgan fingerprint density at radius 1 is 1.50 bits per heavy atom. The van der Waals surface area contributed by atoms with Crippen molar-refractivity contribution in [3.63, 3.8) is 0 Å². The van der Waals surface area contributed by atoms with Crippen LogP contribution in [-0.2, 0) is 19.1 Å². The number of carbonyl (C=O) groups is 3. The molecule has 5 heteroatoms. The SMILES string of the molecule is CC(=O)OC1CC(=O)N1C(C)=O. The van der Waals surface area contributed by atoms with Crippen molar-refractivity contribution >= 4 is 17.8 Å². The van der Waals surface area contributed by atoms with Crippen molar-refractivity contribution in [1.82, 2.24) is 4.90 Å². The Morgan fingerprint density at radius 2 is 2.08 bits per heavy atom. The molecule has 1 fully saturated rings. The van der Waals surface area contributed by atoms with Crippen LogP contribution in [0.25, 0.3) is 0 Å². The lowest BCUT2D eigenvalue weighted by molar-refractivity contribution is -0.185. The quantitative estimate of drug-likeness (QED) is 0.399. The van der Waals surface area contributed by atoms with Crippen molar-refractivity contribution in [3.05, 3.63) is 0 Å². The van der Waals surface area contributed by atoms with Gasteiger partial charge in [0, 0.05) is 13.8 Å². The Hall–Kier alpha value is -1.39. The number of ether oxygens (including phenoxy) is 1. The van der Waals surface area contributed by atoms with Crippen LogP contribution in [0.4, 0.5) is 0 Å². The van der Waals surface area contributed by atoms with Gasteiger partial charge in [0.05, 0.1) is 6.42 Å². The Labute approximate surface area is 69.3 Å².